The van der Waals surface area contributed by atoms with E-state index in [2.05, 4.69) is 35.2 Å². The van der Waals surface area contributed by atoms with E-state index in [-0.39, 0.29) is 5.54 Å². The lowest BCUT2D eigenvalue weighted by atomic mass is 9.98. The van der Waals surface area contributed by atoms with E-state index >= 15 is 0 Å². The Morgan fingerprint density at radius 1 is 1.30 bits per heavy atom. The van der Waals surface area contributed by atoms with Gasteiger partial charge in [0.15, 0.2) is 0 Å². The van der Waals surface area contributed by atoms with Crippen LogP contribution < -0.4 is 5.32 Å². The van der Waals surface area contributed by atoms with Gasteiger partial charge in [-0.1, -0.05) is 6.92 Å². The fourth-order valence-electron chi connectivity index (χ4n) is 3.55. The maximum Gasteiger partial charge on any atom is 0.105 e. The quantitative estimate of drug-likeness (QED) is 0.805. The zero-order chi connectivity index (χ0) is 14.6. The van der Waals surface area contributed by atoms with E-state index in [0.717, 1.165) is 38.0 Å². The van der Waals surface area contributed by atoms with Gasteiger partial charge < -0.3 is 4.90 Å². The fourth-order valence-corrected chi connectivity index (χ4v) is 3.55. The zero-order valence-corrected chi connectivity index (χ0v) is 13.4. The summed E-state index contributed by atoms with van der Waals surface area (Å²) in [6, 6.07) is 4.00. The van der Waals surface area contributed by atoms with Crippen molar-refractivity contribution in [2.75, 3.05) is 33.2 Å². The maximum absolute atomic E-state index is 9.40. The molecule has 0 radical (unpaired) electrons. The van der Waals surface area contributed by atoms with Crippen molar-refractivity contribution in [2.45, 2.75) is 63.6 Å². The molecule has 0 spiro atoms. The molecule has 0 aromatic heterocycles. The van der Waals surface area contributed by atoms with Gasteiger partial charge in [0.2, 0.25) is 0 Å². The molecule has 2 heterocycles. The first-order chi connectivity index (χ1) is 9.58. The van der Waals surface area contributed by atoms with Crippen LogP contribution in [0.1, 0.15) is 46.0 Å². The van der Waals surface area contributed by atoms with Gasteiger partial charge in [0.25, 0.3) is 0 Å². The Labute approximate surface area is 124 Å². The van der Waals surface area contributed by atoms with Crippen LogP contribution in [0.15, 0.2) is 0 Å². The number of nitrogens with one attached hydrogen (secondary N) is 1. The SMILES string of the molecule is CCCNC(C)(C#N)CCN1CCC2CCC(C1)N2C. The van der Waals surface area contributed by atoms with Crippen molar-refractivity contribution in [1.82, 2.24) is 15.1 Å². The molecule has 4 nitrogen and oxygen atoms in total. The van der Waals surface area contributed by atoms with Crippen LogP contribution in [0.2, 0.25) is 0 Å². The molecule has 2 aliphatic heterocycles. The number of hydrogen-bond donors (Lipinski definition) is 1. The molecule has 2 rings (SSSR count). The van der Waals surface area contributed by atoms with Crippen LogP contribution in [0.3, 0.4) is 0 Å². The van der Waals surface area contributed by atoms with Crippen LogP contribution in [0, 0.1) is 11.3 Å². The Kier molecular flexibility index (Phi) is 5.42. The van der Waals surface area contributed by atoms with Crippen molar-refractivity contribution >= 4 is 0 Å². The van der Waals surface area contributed by atoms with Gasteiger partial charge in [0, 0.05) is 25.2 Å². The lowest BCUT2D eigenvalue weighted by molar-refractivity contribution is 0.207. The molecule has 3 atom stereocenters. The minimum Gasteiger partial charge on any atom is -0.302 e. The van der Waals surface area contributed by atoms with Crippen LogP contribution in [0.25, 0.3) is 0 Å². The van der Waals surface area contributed by atoms with Gasteiger partial charge in [-0.3, -0.25) is 10.2 Å². The van der Waals surface area contributed by atoms with Crippen molar-refractivity contribution in [1.29, 1.82) is 5.26 Å². The van der Waals surface area contributed by atoms with Crippen molar-refractivity contribution in [2.24, 2.45) is 0 Å². The molecule has 1 N–H and O–H groups in total. The summed E-state index contributed by atoms with van der Waals surface area (Å²) < 4.78 is 0. The number of hydrogen-bond acceptors (Lipinski definition) is 4. The minimum atomic E-state index is -0.368. The summed E-state index contributed by atoms with van der Waals surface area (Å²) in [5, 5.41) is 12.8. The molecule has 2 fully saturated rings. The summed E-state index contributed by atoms with van der Waals surface area (Å²) >= 11 is 0. The third kappa shape index (κ3) is 3.72. The highest BCUT2D eigenvalue weighted by Gasteiger charge is 2.35. The number of fused-ring (bicyclic) bond motifs is 2. The molecule has 2 saturated heterocycles. The smallest absolute Gasteiger partial charge is 0.105 e. The summed E-state index contributed by atoms with van der Waals surface area (Å²) in [6.45, 7) is 8.53. The van der Waals surface area contributed by atoms with Gasteiger partial charge in [-0.05, 0) is 59.2 Å². The van der Waals surface area contributed by atoms with Gasteiger partial charge in [-0.2, -0.15) is 5.26 Å². The Morgan fingerprint density at radius 3 is 2.75 bits per heavy atom. The van der Waals surface area contributed by atoms with Gasteiger partial charge in [-0.15, -0.1) is 0 Å². The summed E-state index contributed by atoms with van der Waals surface area (Å²) in [7, 11) is 2.29. The van der Waals surface area contributed by atoms with Crippen molar-refractivity contribution < 1.29 is 0 Å². The summed E-state index contributed by atoms with van der Waals surface area (Å²) in [6.07, 6.45) is 6.02. The largest absolute Gasteiger partial charge is 0.302 e. The second kappa shape index (κ2) is 6.89. The summed E-state index contributed by atoms with van der Waals surface area (Å²) in [5.74, 6) is 0. The van der Waals surface area contributed by atoms with E-state index in [1.54, 1.807) is 0 Å². The van der Waals surface area contributed by atoms with Crippen LogP contribution in [-0.2, 0) is 0 Å². The molecule has 114 valence electrons. The standard InChI is InChI=1S/C16H30N4/c1-4-9-18-16(2,13-17)8-11-20-10-7-14-5-6-15(12-20)19(14)3/h14-15,18H,4-12H2,1-3H3. The lowest BCUT2D eigenvalue weighted by Crippen LogP contribution is -2.45. The van der Waals surface area contributed by atoms with Gasteiger partial charge >= 0.3 is 0 Å². The second-order valence-corrected chi connectivity index (χ2v) is 6.76. The lowest BCUT2D eigenvalue weighted by Gasteiger charge is -2.29. The highest BCUT2D eigenvalue weighted by molar-refractivity contribution is 5.04. The van der Waals surface area contributed by atoms with Crippen LogP contribution in [0.5, 0.6) is 0 Å². The molecule has 2 aliphatic rings. The molecular formula is C16H30N4. The molecule has 0 aromatic rings. The molecule has 4 heteroatoms. The second-order valence-electron chi connectivity index (χ2n) is 6.76. The van der Waals surface area contributed by atoms with Gasteiger partial charge in [0.1, 0.15) is 5.54 Å². The Hall–Kier alpha value is -0.630. The highest BCUT2D eigenvalue weighted by Crippen LogP contribution is 2.28. The Balaban J connectivity index is 1.83. The van der Waals surface area contributed by atoms with Gasteiger partial charge in [-0.25, -0.2) is 0 Å². The maximum atomic E-state index is 9.40. The molecule has 3 unspecified atom stereocenters. The molecular weight excluding hydrogens is 248 g/mol. The third-order valence-electron chi connectivity index (χ3n) is 5.17. The predicted molar refractivity (Wildman–Crippen MR) is 82.6 cm³/mol. The Morgan fingerprint density at radius 2 is 2.05 bits per heavy atom. The number of rotatable bonds is 6. The summed E-state index contributed by atoms with van der Waals surface area (Å²) in [4.78, 5) is 5.16. The van der Waals surface area contributed by atoms with Crippen LogP contribution >= 0.6 is 0 Å². The average molecular weight is 278 g/mol. The van der Waals surface area contributed by atoms with E-state index in [4.69, 9.17) is 0 Å². The molecule has 20 heavy (non-hydrogen) atoms. The topological polar surface area (TPSA) is 42.3 Å². The van der Waals surface area contributed by atoms with E-state index in [0.29, 0.717) is 0 Å². The van der Waals surface area contributed by atoms with Crippen LogP contribution in [0.4, 0.5) is 0 Å². The van der Waals surface area contributed by atoms with E-state index in [1.807, 2.05) is 6.92 Å². The number of nitrogens with zero attached hydrogens (tertiary/aromatic N) is 3. The first kappa shape index (κ1) is 15.8. The van der Waals surface area contributed by atoms with Crippen molar-refractivity contribution in [3.63, 3.8) is 0 Å². The first-order valence-electron chi connectivity index (χ1n) is 8.18. The molecule has 0 aliphatic carbocycles. The Bertz CT molecular complexity index is 351. The fraction of sp³-hybridized carbons (Fsp3) is 0.938. The number of likely N-dealkylation sites (N-methyl/N-ethyl adjacent to an activating group) is 1. The van der Waals surface area contributed by atoms with E-state index < -0.39 is 0 Å². The van der Waals surface area contributed by atoms with E-state index in [1.165, 1.54) is 32.4 Å². The molecule has 2 bridgehead atoms. The predicted octanol–water partition coefficient (Wildman–Crippen LogP) is 1.83. The normalized spacial score (nSPS) is 30.7. The first-order valence-corrected chi connectivity index (χ1v) is 8.18. The van der Waals surface area contributed by atoms with Crippen LogP contribution in [-0.4, -0.2) is 60.6 Å². The average Bonchev–Trinajstić information content (AvgIpc) is 2.69. The van der Waals surface area contributed by atoms with Gasteiger partial charge in [0.05, 0.1) is 6.07 Å². The molecule has 0 amide bonds. The minimum absolute atomic E-state index is 0.368. The third-order valence-corrected chi connectivity index (χ3v) is 5.17. The van der Waals surface area contributed by atoms with Crippen molar-refractivity contribution in [3.05, 3.63) is 0 Å². The van der Waals surface area contributed by atoms with Crippen molar-refractivity contribution in [3.8, 4) is 6.07 Å². The number of nitriles is 1. The molecule has 0 saturated carbocycles. The zero-order valence-electron chi connectivity index (χ0n) is 13.4. The summed E-state index contributed by atoms with van der Waals surface area (Å²) in [5.41, 5.74) is -0.368. The molecule has 0 aromatic carbocycles. The monoisotopic (exact) mass is 278 g/mol. The number of likely N-dealkylation sites (tertiary alicyclic amines) is 1. The highest BCUT2D eigenvalue weighted by atomic mass is 15.3. The van der Waals surface area contributed by atoms with E-state index in [9.17, 15) is 5.26 Å².